The van der Waals surface area contributed by atoms with Crippen LogP contribution in [-0.2, 0) is 11.4 Å². The molecule has 0 aliphatic carbocycles. The summed E-state index contributed by atoms with van der Waals surface area (Å²) in [5.74, 6) is 0.535. The van der Waals surface area contributed by atoms with Crippen LogP contribution in [0.5, 0.6) is 17.2 Å². The number of halogens is 2. The number of hydrogen-bond acceptors (Lipinski definition) is 5. The van der Waals surface area contributed by atoms with Gasteiger partial charge in [0.25, 0.3) is 5.91 Å². The first-order valence-electron chi connectivity index (χ1n) is 10.3. The van der Waals surface area contributed by atoms with Gasteiger partial charge in [0.2, 0.25) is 0 Å². The standard InChI is InChI=1S/C26H22BrFN2O4/c1-3-33-24-13-18(22(27)14-25(24)34-16-17-6-4-5-7-23(17)28)12-19(15-29)26(31)30-20-8-10-21(32-2)11-9-20/h4-14H,3,16H2,1-2H3,(H,30,31)/b19-12+. The van der Waals surface area contributed by atoms with Crippen molar-refractivity contribution in [2.75, 3.05) is 19.0 Å². The third-order valence-corrected chi connectivity index (χ3v) is 5.40. The van der Waals surface area contributed by atoms with Gasteiger partial charge in [-0.05, 0) is 61.0 Å². The number of nitrogens with zero attached hydrogens (tertiary/aromatic N) is 1. The summed E-state index contributed by atoms with van der Waals surface area (Å²) in [6.45, 7) is 2.20. The number of nitrogens with one attached hydrogen (secondary N) is 1. The molecule has 3 rings (SSSR count). The monoisotopic (exact) mass is 524 g/mol. The van der Waals surface area contributed by atoms with Crippen LogP contribution in [0, 0.1) is 17.1 Å². The Morgan fingerprint density at radius 2 is 1.82 bits per heavy atom. The molecule has 0 fully saturated rings. The number of carbonyl (C=O) groups excluding carboxylic acids is 1. The van der Waals surface area contributed by atoms with Gasteiger partial charge in [-0.1, -0.05) is 34.1 Å². The first-order valence-corrected chi connectivity index (χ1v) is 11.1. The zero-order chi connectivity index (χ0) is 24.5. The van der Waals surface area contributed by atoms with E-state index in [0.29, 0.717) is 45.1 Å². The summed E-state index contributed by atoms with van der Waals surface area (Å²) >= 11 is 3.45. The van der Waals surface area contributed by atoms with E-state index >= 15 is 0 Å². The number of anilines is 1. The topological polar surface area (TPSA) is 80.6 Å². The van der Waals surface area contributed by atoms with Crippen molar-refractivity contribution in [1.82, 2.24) is 0 Å². The fraction of sp³-hybridized carbons (Fsp3) is 0.154. The van der Waals surface area contributed by atoms with Gasteiger partial charge in [0.05, 0.1) is 13.7 Å². The summed E-state index contributed by atoms with van der Waals surface area (Å²) in [5, 5.41) is 12.3. The van der Waals surface area contributed by atoms with Gasteiger partial charge in [0, 0.05) is 15.7 Å². The number of rotatable bonds is 9. The van der Waals surface area contributed by atoms with Crippen LogP contribution in [0.1, 0.15) is 18.1 Å². The predicted molar refractivity (Wildman–Crippen MR) is 131 cm³/mol. The Balaban J connectivity index is 1.83. The second-order valence-electron chi connectivity index (χ2n) is 6.99. The molecule has 0 saturated carbocycles. The van der Waals surface area contributed by atoms with Crippen molar-refractivity contribution in [1.29, 1.82) is 5.26 Å². The second-order valence-corrected chi connectivity index (χ2v) is 7.84. The second kappa shape index (κ2) is 11.9. The molecule has 0 saturated heterocycles. The van der Waals surface area contributed by atoms with E-state index in [1.165, 1.54) is 12.1 Å². The van der Waals surface area contributed by atoms with Crippen LogP contribution in [0.3, 0.4) is 0 Å². The molecule has 6 nitrogen and oxygen atoms in total. The van der Waals surface area contributed by atoms with Gasteiger partial charge in [-0.3, -0.25) is 4.79 Å². The minimum atomic E-state index is -0.558. The van der Waals surface area contributed by atoms with Crippen molar-refractivity contribution < 1.29 is 23.4 Å². The van der Waals surface area contributed by atoms with E-state index in [1.807, 2.05) is 13.0 Å². The van der Waals surface area contributed by atoms with Crippen LogP contribution in [0.15, 0.2) is 70.7 Å². The average molecular weight is 525 g/mol. The van der Waals surface area contributed by atoms with Crippen LogP contribution < -0.4 is 19.5 Å². The van der Waals surface area contributed by atoms with Gasteiger partial charge in [-0.2, -0.15) is 5.26 Å². The molecule has 0 spiro atoms. The Bertz CT molecular complexity index is 1240. The van der Waals surface area contributed by atoms with Crippen LogP contribution in [-0.4, -0.2) is 19.6 Å². The lowest BCUT2D eigenvalue weighted by molar-refractivity contribution is -0.112. The molecular weight excluding hydrogens is 503 g/mol. The molecular formula is C26H22BrFN2O4. The number of benzene rings is 3. The summed E-state index contributed by atoms with van der Waals surface area (Å²) in [4.78, 5) is 12.6. The third kappa shape index (κ3) is 6.36. The summed E-state index contributed by atoms with van der Waals surface area (Å²) in [5.41, 5.74) is 1.38. The highest BCUT2D eigenvalue weighted by Gasteiger charge is 2.15. The first kappa shape index (κ1) is 24.8. The predicted octanol–water partition coefficient (Wildman–Crippen LogP) is 6.12. The summed E-state index contributed by atoms with van der Waals surface area (Å²) in [7, 11) is 1.55. The van der Waals surface area contributed by atoms with E-state index in [2.05, 4.69) is 21.2 Å². The lowest BCUT2D eigenvalue weighted by atomic mass is 10.1. The smallest absolute Gasteiger partial charge is 0.266 e. The fourth-order valence-corrected chi connectivity index (χ4v) is 3.43. The molecule has 34 heavy (non-hydrogen) atoms. The van der Waals surface area contributed by atoms with Crippen molar-refractivity contribution in [3.8, 4) is 23.3 Å². The maximum atomic E-state index is 13.9. The Labute approximate surface area is 205 Å². The van der Waals surface area contributed by atoms with Crippen molar-refractivity contribution in [2.45, 2.75) is 13.5 Å². The van der Waals surface area contributed by atoms with Gasteiger partial charge >= 0.3 is 0 Å². The van der Waals surface area contributed by atoms with E-state index in [4.69, 9.17) is 14.2 Å². The van der Waals surface area contributed by atoms with Crippen LogP contribution >= 0.6 is 15.9 Å². The Kier molecular flexibility index (Phi) is 8.66. The summed E-state index contributed by atoms with van der Waals surface area (Å²) in [6, 6.07) is 18.4. The van der Waals surface area contributed by atoms with Crippen molar-refractivity contribution in [2.24, 2.45) is 0 Å². The quantitative estimate of drug-likeness (QED) is 0.269. The van der Waals surface area contributed by atoms with Crippen molar-refractivity contribution >= 4 is 33.6 Å². The fourth-order valence-electron chi connectivity index (χ4n) is 2.99. The molecule has 1 amide bonds. The van der Waals surface area contributed by atoms with Gasteiger partial charge in [0.1, 0.15) is 29.8 Å². The third-order valence-electron chi connectivity index (χ3n) is 4.72. The van der Waals surface area contributed by atoms with Crippen LogP contribution in [0.25, 0.3) is 6.08 Å². The molecule has 8 heteroatoms. The molecule has 0 radical (unpaired) electrons. The SMILES string of the molecule is CCOc1cc(/C=C(\C#N)C(=O)Nc2ccc(OC)cc2)c(Br)cc1OCc1ccccc1F. The minimum absolute atomic E-state index is 0.0160. The zero-order valence-electron chi connectivity index (χ0n) is 18.6. The number of ether oxygens (including phenoxy) is 3. The molecule has 3 aromatic carbocycles. The molecule has 1 N–H and O–H groups in total. The Morgan fingerprint density at radius 1 is 1.12 bits per heavy atom. The van der Waals surface area contributed by atoms with Gasteiger partial charge in [-0.25, -0.2) is 4.39 Å². The maximum Gasteiger partial charge on any atom is 0.266 e. The number of carbonyl (C=O) groups is 1. The molecule has 174 valence electrons. The largest absolute Gasteiger partial charge is 0.497 e. The van der Waals surface area contributed by atoms with Gasteiger partial charge in [0.15, 0.2) is 11.5 Å². The summed E-state index contributed by atoms with van der Waals surface area (Å²) in [6.07, 6.45) is 1.45. The van der Waals surface area contributed by atoms with Crippen molar-refractivity contribution in [3.05, 3.63) is 87.7 Å². The minimum Gasteiger partial charge on any atom is -0.497 e. The van der Waals surface area contributed by atoms with E-state index in [0.717, 1.165) is 0 Å². The summed E-state index contributed by atoms with van der Waals surface area (Å²) < 4.78 is 31.1. The average Bonchev–Trinajstić information content (AvgIpc) is 2.84. The molecule has 0 heterocycles. The molecule has 0 bridgehead atoms. The molecule has 3 aromatic rings. The lowest BCUT2D eigenvalue weighted by Gasteiger charge is -2.14. The highest BCUT2D eigenvalue weighted by Crippen LogP contribution is 2.35. The normalized spacial score (nSPS) is 10.9. The van der Waals surface area contributed by atoms with E-state index in [-0.39, 0.29) is 18.0 Å². The number of hydrogen-bond donors (Lipinski definition) is 1. The Hall–Kier alpha value is -3.83. The van der Waals surface area contributed by atoms with Crippen molar-refractivity contribution in [3.63, 3.8) is 0 Å². The molecule has 0 aliphatic rings. The number of nitriles is 1. The molecule has 0 aliphatic heterocycles. The number of amides is 1. The van der Waals surface area contributed by atoms with E-state index < -0.39 is 5.91 Å². The van der Waals surface area contributed by atoms with Crippen LogP contribution in [0.2, 0.25) is 0 Å². The van der Waals surface area contributed by atoms with Gasteiger partial charge in [-0.15, -0.1) is 0 Å². The maximum absolute atomic E-state index is 13.9. The lowest BCUT2D eigenvalue weighted by Crippen LogP contribution is -2.13. The highest BCUT2D eigenvalue weighted by molar-refractivity contribution is 9.10. The molecule has 0 aromatic heterocycles. The van der Waals surface area contributed by atoms with Crippen LogP contribution in [0.4, 0.5) is 10.1 Å². The molecule has 0 atom stereocenters. The first-order chi connectivity index (χ1) is 16.4. The van der Waals surface area contributed by atoms with Gasteiger partial charge < -0.3 is 19.5 Å². The van der Waals surface area contributed by atoms with E-state index in [1.54, 1.807) is 61.7 Å². The zero-order valence-corrected chi connectivity index (χ0v) is 20.2. The van der Waals surface area contributed by atoms with E-state index in [9.17, 15) is 14.4 Å². The number of methoxy groups -OCH3 is 1. The molecule has 0 unspecified atom stereocenters. The highest BCUT2D eigenvalue weighted by atomic mass is 79.9. The Morgan fingerprint density at radius 3 is 2.47 bits per heavy atom.